The van der Waals surface area contributed by atoms with Crippen molar-refractivity contribution in [2.45, 2.75) is 25.2 Å². The summed E-state index contributed by atoms with van der Waals surface area (Å²) in [5.74, 6) is -0.848. The van der Waals surface area contributed by atoms with E-state index < -0.39 is 35.6 Å². The van der Waals surface area contributed by atoms with Gasteiger partial charge in [-0.15, -0.1) is 0 Å². The van der Waals surface area contributed by atoms with E-state index in [1.165, 1.54) is 48.3 Å². The second kappa shape index (κ2) is 12.0. The summed E-state index contributed by atoms with van der Waals surface area (Å²) in [6.07, 6.45) is -1.13. The Morgan fingerprint density at radius 2 is 2.03 bits per heavy atom. The van der Waals surface area contributed by atoms with Crippen molar-refractivity contribution in [2.75, 3.05) is 18.6 Å². The van der Waals surface area contributed by atoms with Gasteiger partial charge in [-0.25, -0.2) is 4.98 Å². The molecule has 0 radical (unpaired) electrons. The Bertz CT molecular complexity index is 990. The Hall–Kier alpha value is -3.35. The summed E-state index contributed by atoms with van der Waals surface area (Å²) in [4.78, 5) is 39.2. The maximum Gasteiger partial charge on any atom is 0.422 e. The standard InChI is InChI=1S/C20H21F3N4O5S/c1-33-8-6-16(26-18(28)14-3-2-4-15(10-14)27(30)31)19(29)25-11-13-5-7-24-17(9-13)32-12-20(21,22)23/h2-5,7,9-10,16H,6,8,11-12H2,1H3,(H,25,29)(H,26,28). The van der Waals surface area contributed by atoms with Crippen molar-refractivity contribution in [3.8, 4) is 5.88 Å². The largest absolute Gasteiger partial charge is 0.468 e. The number of benzene rings is 1. The Labute approximate surface area is 191 Å². The summed E-state index contributed by atoms with van der Waals surface area (Å²) >= 11 is 1.46. The molecule has 1 unspecified atom stereocenters. The number of alkyl halides is 3. The summed E-state index contributed by atoms with van der Waals surface area (Å²) in [6.45, 7) is -1.53. The second-order valence-corrected chi connectivity index (χ2v) is 7.72. The molecule has 2 amide bonds. The number of hydrogen-bond donors (Lipinski definition) is 2. The molecule has 1 heterocycles. The van der Waals surface area contributed by atoms with Crippen LogP contribution in [-0.2, 0) is 11.3 Å². The highest BCUT2D eigenvalue weighted by Crippen LogP contribution is 2.18. The van der Waals surface area contributed by atoms with Gasteiger partial charge >= 0.3 is 6.18 Å². The lowest BCUT2D eigenvalue weighted by Gasteiger charge is -2.18. The number of aromatic nitrogens is 1. The third kappa shape index (κ3) is 8.96. The van der Waals surface area contributed by atoms with Crippen LogP contribution in [-0.4, -0.2) is 52.6 Å². The van der Waals surface area contributed by atoms with Crippen molar-refractivity contribution in [2.24, 2.45) is 0 Å². The van der Waals surface area contributed by atoms with Crippen LogP contribution in [0.3, 0.4) is 0 Å². The van der Waals surface area contributed by atoms with Gasteiger partial charge in [-0.3, -0.25) is 19.7 Å². The van der Waals surface area contributed by atoms with Crippen molar-refractivity contribution in [3.63, 3.8) is 0 Å². The van der Waals surface area contributed by atoms with Crippen LogP contribution >= 0.6 is 11.8 Å². The molecule has 1 atom stereocenters. The molecule has 0 fully saturated rings. The summed E-state index contributed by atoms with van der Waals surface area (Å²) in [6, 6.07) is 6.96. The first kappa shape index (κ1) is 25.9. The van der Waals surface area contributed by atoms with Crippen LogP contribution in [0.15, 0.2) is 42.6 Å². The van der Waals surface area contributed by atoms with E-state index in [9.17, 15) is 32.9 Å². The molecule has 33 heavy (non-hydrogen) atoms. The van der Waals surface area contributed by atoms with Gasteiger partial charge in [0.15, 0.2) is 6.61 Å². The molecule has 1 aromatic carbocycles. The molecule has 2 aromatic rings. The van der Waals surface area contributed by atoms with Crippen LogP contribution in [0.1, 0.15) is 22.3 Å². The molecule has 0 aliphatic rings. The summed E-state index contributed by atoms with van der Waals surface area (Å²) < 4.78 is 41.5. The van der Waals surface area contributed by atoms with Crippen LogP contribution in [0.2, 0.25) is 0 Å². The van der Waals surface area contributed by atoms with E-state index in [2.05, 4.69) is 20.4 Å². The lowest BCUT2D eigenvalue weighted by Crippen LogP contribution is -2.46. The van der Waals surface area contributed by atoms with E-state index in [0.717, 1.165) is 6.07 Å². The number of pyridine rings is 1. The molecule has 0 aliphatic heterocycles. The predicted molar refractivity (Wildman–Crippen MR) is 115 cm³/mol. The molecule has 0 aliphatic carbocycles. The van der Waals surface area contributed by atoms with E-state index in [1.54, 1.807) is 0 Å². The van der Waals surface area contributed by atoms with Crippen molar-refractivity contribution in [1.29, 1.82) is 0 Å². The molecule has 0 saturated carbocycles. The number of non-ortho nitro benzene ring substituents is 1. The fourth-order valence-electron chi connectivity index (χ4n) is 2.61. The van der Waals surface area contributed by atoms with Gasteiger partial charge in [0.2, 0.25) is 11.8 Å². The quantitative estimate of drug-likeness (QED) is 0.370. The van der Waals surface area contributed by atoms with Crippen LogP contribution in [0.25, 0.3) is 0 Å². The summed E-state index contributed by atoms with van der Waals surface area (Å²) in [5.41, 5.74) is 0.227. The smallest absolute Gasteiger partial charge is 0.422 e. The lowest BCUT2D eigenvalue weighted by atomic mass is 10.1. The summed E-state index contributed by atoms with van der Waals surface area (Å²) in [7, 11) is 0. The number of nitro benzene ring substituents is 1. The molecule has 2 N–H and O–H groups in total. The highest BCUT2D eigenvalue weighted by atomic mass is 32.2. The van der Waals surface area contributed by atoms with Crippen LogP contribution in [0, 0.1) is 10.1 Å². The number of rotatable bonds is 11. The van der Waals surface area contributed by atoms with Gasteiger partial charge in [-0.2, -0.15) is 24.9 Å². The molecule has 0 spiro atoms. The van der Waals surface area contributed by atoms with E-state index in [4.69, 9.17) is 0 Å². The first-order chi connectivity index (χ1) is 15.6. The van der Waals surface area contributed by atoms with Crippen LogP contribution < -0.4 is 15.4 Å². The number of hydrogen-bond acceptors (Lipinski definition) is 7. The van der Waals surface area contributed by atoms with Crippen molar-refractivity contribution < 1.29 is 32.4 Å². The number of carbonyl (C=O) groups is 2. The number of thioether (sulfide) groups is 1. The minimum Gasteiger partial charge on any atom is -0.468 e. The van der Waals surface area contributed by atoms with Crippen molar-refractivity contribution >= 4 is 29.3 Å². The number of nitro groups is 1. The minimum absolute atomic E-state index is 0.0340. The molecule has 13 heteroatoms. The fourth-order valence-corrected chi connectivity index (χ4v) is 3.09. The molecule has 0 bridgehead atoms. The zero-order valence-electron chi connectivity index (χ0n) is 17.4. The number of halogens is 3. The molecular formula is C20H21F3N4O5S. The average Bonchev–Trinajstić information content (AvgIpc) is 2.78. The first-order valence-electron chi connectivity index (χ1n) is 9.55. The van der Waals surface area contributed by atoms with Crippen molar-refractivity contribution in [1.82, 2.24) is 15.6 Å². The molecule has 9 nitrogen and oxygen atoms in total. The Balaban J connectivity index is 2.02. The van der Waals surface area contributed by atoms with Gasteiger partial charge in [-0.05, 0) is 36.1 Å². The van der Waals surface area contributed by atoms with E-state index >= 15 is 0 Å². The van der Waals surface area contributed by atoms with Crippen LogP contribution in [0.5, 0.6) is 5.88 Å². The topological polar surface area (TPSA) is 123 Å². The minimum atomic E-state index is -4.51. The van der Waals surface area contributed by atoms with Gasteiger partial charge < -0.3 is 15.4 Å². The first-order valence-corrected chi connectivity index (χ1v) is 10.9. The number of nitrogens with zero attached hydrogens (tertiary/aromatic N) is 2. The van der Waals surface area contributed by atoms with Gasteiger partial charge in [0.1, 0.15) is 6.04 Å². The number of amides is 2. The zero-order valence-corrected chi connectivity index (χ0v) is 18.2. The molecule has 0 saturated heterocycles. The van der Waals surface area contributed by atoms with Gasteiger partial charge in [0.05, 0.1) is 4.92 Å². The molecule has 2 rings (SSSR count). The van der Waals surface area contributed by atoms with E-state index in [1.807, 2.05) is 6.26 Å². The third-order valence-electron chi connectivity index (χ3n) is 4.20. The van der Waals surface area contributed by atoms with Crippen LogP contribution in [0.4, 0.5) is 18.9 Å². The maximum absolute atomic E-state index is 12.7. The average molecular weight is 486 g/mol. The maximum atomic E-state index is 12.7. The second-order valence-electron chi connectivity index (χ2n) is 6.74. The Morgan fingerprint density at radius 3 is 2.70 bits per heavy atom. The summed E-state index contributed by atoms with van der Waals surface area (Å²) in [5, 5.41) is 16.1. The van der Waals surface area contributed by atoms with Gasteiger partial charge in [-0.1, -0.05) is 6.07 Å². The number of carbonyl (C=O) groups excluding carboxylic acids is 2. The zero-order chi connectivity index (χ0) is 24.4. The lowest BCUT2D eigenvalue weighted by molar-refractivity contribution is -0.384. The SMILES string of the molecule is CSCCC(NC(=O)c1cccc([N+](=O)[O-])c1)C(=O)NCc1ccnc(OCC(F)(F)F)c1. The molecular weight excluding hydrogens is 465 g/mol. The molecule has 1 aromatic heterocycles. The highest BCUT2D eigenvalue weighted by Gasteiger charge is 2.28. The van der Waals surface area contributed by atoms with E-state index in [-0.39, 0.29) is 23.7 Å². The fraction of sp³-hybridized carbons (Fsp3) is 0.350. The highest BCUT2D eigenvalue weighted by molar-refractivity contribution is 7.98. The van der Waals surface area contributed by atoms with Crippen molar-refractivity contribution in [3.05, 3.63) is 63.8 Å². The van der Waals surface area contributed by atoms with Gasteiger partial charge in [0.25, 0.3) is 11.6 Å². The monoisotopic (exact) mass is 486 g/mol. The number of ether oxygens (including phenoxy) is 1. The molecule has 178 valence electrons. The Morgan fingerprint density at radius 1 is 1.27 bits per heavy atom. The predicted octanol–water partition coefficient (Wildman–Crippen LogP) is 3.10. The van der Waals surface area contributed by atoms with Gasteiger partial charge in [0, 0.05) is 36.5 Å². The van der Waals surface area contributed by atoms with E-state index in [0.29, 0.717) is 17.7 Å². The number of nitrogens with one attached hydrogen (secondary N) is 2. The third-order valence-corrected chi connectivity index (χ3v) is 4.85. The normalized spacial score (nSPS) is 12.0. The Kier molecular flexibility index (Phi) is 9.45.